The largest absolute Gasteiger partial charge is 0.507 e. The summed E-state index contributed by atoms with van der Waals surface area (Å²) in [5, 5.41) is 11.4. The zero-order valence-electron chi connectivity index (χ0n) is 23.7. The molecular formula is C35H33NO6. The van der Waals surface area contributed by atoms with Crippen LogP contribution in [0.3, 0.4) is 0 Å². The fourth-order valence-corrected chi connectivity index (χ4v) is 5.09. The predicted molar refractivity (Wildman–Crippen MR) is 161 cm³/mol. The molecule has 1 saturated heterocycles. The first-order chi connectivity index (χ1) is 20.5. The van der Waals surface area contributed by atoms with Crippen LogP contribution >= 0.6 is 0 Å². The van der Waals surface area contributed by atoms with E-state index in [2.05, 4.69) is 0 Å². The summed E-state index contributed by atoms with van der Waals surface area (Å²) in [6.45, 7) is 3.03. The van der Waals surface area contributed by atoms with Crippen molar-refractivity contribution in [2.75, 3.05) is 20.3 Å². The molecule has 1 fully saturated rings. The standard InChI is InChI=1S/C35H33NO6/c1-3-41-28-17-14-26(15-18-28)33(37)31-32(36(35(39)34(31)38)21-20-24-10-6-4-7-11-24)27-16-19-29(30(22-27)40-2)42-23-25-12-8-5-9-13-25/h4-19,22,32,37H,3,20-21,23H2,1-2H3. The molecule has 4 aromatic rings. The summed E-state index contributed by atoms with van der Waals surface area (Å²) >= 11 is 0. The lowest BCUT2D eigenvalue weighted by molar-refractivity contribution is -0.139. The van der Waals surface area contributed by atoms with Gasteiger partial charge in [-0.1, -0.05) is 66.7 Å². The van der Waals surface area contributed by atoms with Crippen molar-refractivity contribution < 1.29 is 28.9 Å². The van der Waals surface area contributed by atoms with Gasteiger partial charge >= 0.3 is 0 Å². The molecule has 7 nitrogen and oxygen atoms in total. The third kappa shape index (κ3) is 6.15. The number of rotatable bonds is 11. The van der Waals surface area contributed by atoms with Crippen molar-refractivity contribution in [3.8, 4) is 17.2 Å². The number of carbonyl (C=O) groups is 2. The molecule has 0 saturated carbocycles. The number of hydrogen-bond donors (Lipinski definition) is 1. The number of hydrogen-bond acceptors (Lipinski definition) is 6. The minimum Gasteiger partial charge on any atom is -0.507 e. The Balaban J connectivity index is 1.53. The van der Waals surface area contributed by atoms with Crippen LogP contribution in [0.15, 0.2) is 109 Å². The molecule has 42 heavy (non-hydrogen) atoms. The first-order valence-electron chi connectivity index (χ1n) is 13.9. The smallest absolute Gasteiger partial charge is 0.295 e. The first kappa shape index (κ1) is 28.5. The molecule has 0 spiro atoms. The Bertz CT molecular complexity index is 1560. The predicted octanol–water partition coefficient (Wildman–Crippen LogP) is 6.34. The highest BCUT2D eigenvalue weighted by atomic mass is 16.5. The number of methoxy groups -OCH3 is 1. The Labute approximate surface area is 245 Å². The molecule has 0 aromatic heterocycles. The van der Waals surface area contributed by atoms with Crippen molar-refractivity contribution in [3.63, 3.8) is 0 Å². The van der Waals surface area contributed by atoms with Crippen LogP contribution in [-0.2, 0) is 22.6 Å². The number of aliphatic hydroxyl groups excluding tert-OH is 1. The van der Waals surface area contributed by atoms with E-state index in [4.69, 9.17) is 14.2 Å². The molecule has 1 heterocycles. The monoisotopic (exact) mass is 563 g/mol. The molecular weight excluding hydrogens is 530 g/mol. The van der Waals surface area contributed by atoms with E-state index in [9.17, 15) is 14.7 Å². The van der Waals surface area contributed by atoms with E-state index in [0.717, 1.165) is 11.1 Å². The zero-order valence-corrected chi connectivity index (χ0v) is 23.7. The number of carbonyl (C=O) groups excluding carboxylic acids is 2. The summed E-state index contributed by atoms with van der Waals surface area (Å²) in [4.78, 5) is 28.4. The molecule has 0 bridgehead atoms. The number of amides is 1. The van der Waals surface area contributed by atoms with E-state index in [1.54, 1.807) is 49.6 Å². The SMILES string of the molecule is CCOc1ccc(C(O)=C2C(=O)C(=O)N(CCc3ccccc3)C2c2ccc(OCc3ccccc3)c(OC)c2)cc1. The van der Waals surface area contributed by atoms with Crippen molar-refractivity contribution >= 4 is 17.4 Å². The van der Waals surface area contributed by atoms with Crippen LogP contribution in [0.4, 0.5) is 0 Å². The summed E-state index contributed by atoms with van der Waals surface area (Å²) in [6, 6.07) is 30.9. The lowest BCUT2D eigenvalue weighted by Crippen LogP contribution is -2.31. The van der Waals surface area contributed by atoms with Gasteiger partial charge in [-0.25, -0.2) is 0 Å². The molecule has 1 unspecified atom stereocenters. The third-order valence-corrected chi connectivity index (χ3v) is 7.20. The van der Waals surface area contributed by atoms with Gasteiger partial charge in [-0.15, -0.1) is 0 Å². The van der Waals surface area contributed by atoms with E-state index in [-0.39, 0.29) is 17.9 Å². The Morgan fingerprint density at radius 1 is 0.810 bits per heavy atom. The molecule has 1 aliphatic heterocycles. The Kier molecular flexibility index (Phi) is 8.87. The third-order valence-electron chi connectivity index (χ3n) is 7.20. The molecule has 1 atom stereocenters. The number of aliphatic hydroxyl groups is 1. The van der Waals surface area contributed by atoms with E-state index in [1.807, 2.05) is 67.6 Å². The van der Waals surface area contributed by atoms with E-state index in [1.165, 1.54) is 4.90 Å². The van der Waals surface area contributed by atoms with Crippen molar-refractivity contribution in [1.29, 1.82) is 0 Å². The van der Waals surface area contributed by atoms with Crippen molar-refractivity contribution in [3.05, 3.63) is 131 Å². The summed E-state index contributed by atoms with van der Waals surface area (Å²) in [6.07, 6.45) is 0.545. The van der Waals surface area contributed by atoms with Gasteiger partial charge < -0.3 is 24.2 Å². The molecule has 1 amide bonds. The maximum absolute atomic E-state index is 13.5. The second-order valence-corrected chi connectivity index (χ2v) is 9.87. The second-order valence-electron chi connectivity index (χ2n) is 9.87. The number of ketones is 1. The van der Waals surface area contributed by atoms with Gasteiger partial charge in [0.25, 0.3) is 11.7 Å². The number of likely N-dealkylation sites (tertiary alicyclic amines) is 1. The van der Waals surface area contributed by atoms with E-state index in [0.29, 0.717) is 48.0 Å². The number of nitrogens with zero attached hydrogens (tertiary/aromatic N) is 1. The first-order valence-corrected chi connectivity index (χ1v) is 13.9. The lowest BCUT2D eigenvalue weighted by atomic mass is 9.94. The van der Waals surface area contributed by atoms with Gasteiger partial charge in [-0.05, 0) is 66.4 Å². The topological polar surface area (TPSA) is 85.3 Å². The maximum atomic E-state index is 13.5. The molecule has 214 valence electrons. The normalized spacial score (nSPS) is 16.0. The van der Waals surface area contributed by atoms with Crippen LogP contribution in [0.25, 0.3) is 5.76 Å². The molecule has 7 heteroatoms. The summed E-state index contributed by atoms with van der Waals surface area (Å²) < 4.78 is 17.2. The fraction of sp³-hybridized carbons (Fsp3) is 0.200. The average Bonchev–Trinajstić information content (AvgIpc) is 3.29. The zero-order chi connectivity index (χ0) is 29.5. The van der Waals surface area contributed by atoms with Gasteiger partial charge in [-0.3, -0.25) is 9.59 Å². The highest BCUT2D eigenvalue weighted by Crippen LogP contribution is 2.42. The number of Topliss-reactive ketones (excluding diaryl/α,β-unsaturated/α-hetero) is 1. The Morgan fingerprint density at radius 3 is 2.12 bits per heavy atom. The molecule has 0 radical (unpaired) electrons. The van der Waals surface area contributed by atoms with Crippen LogP contribution in [0.1, 0.15) is 35.2 Å². The highest BCUT2D eigenvalue weighted by molar-refractivity contribution is 6.46. The van der Waals surface area contributed by atoms with Crippen LogP contribution in [0.5, 0.6) is 17.2 Å². The van der Waals surface area contributed by atoms with Crippen molar-refractivity contribution in [2.24, 2.45) is 0 Å². The second kappa shape index (κ2) is 13.1. The summed E-state index contributed by atoms with van der Waals surface area (Å²) in [5.41, 5.74) is 3.11. The summed E-state index contributed by atoms with van der Waals surface area (Å²) in [7, 11) is 1.54. The van der Waals surface area contributed by atoms with Crippen molar-refractivity contribution in [1.82, 2.24) is 4.90 Å². The minimum absolute atomic E-state index is 0.0252. The number of ether oxygens (including phenoxy) is 3. The van der Waals surface area contributed by atoms with Gasteiger partial charge in [0.1, 0.15) is 18.1 Å². The fourth-order valence-electron chi connectivity index (χ4n) is 5.09. The lowest BCUT2D eigenvalue weighted by Gasteiger charge is -2.26. The highest BCUT2D eigenvalue weighted by Gasteiger charge is 2.46. The van der Waals surface area contributed by atoms with Gasteiger partial charge in [0.2, 0.25) is 0 Å². The Hall–Kier alpha value is -5.04. The van der Waals surface area contributed by atoms with Gasteiger partial charge in [-0.2, -0.15) is 0 Å². The average molecular weight is 564 g/mol. The van der Waals surface area contributed by atoms with Gasteiger partial charge in [0.05, 0.1) is 25.3 Å². The van der Waals surface area contributed by atoms with Crippen LogP contribution in [0.2, 0.25) is 0 Å². The molecule has 1 N–H and O–H groups in total. The maximum Gasteiger partial charge on any atom is 0.295 e. The van der Waals surface area contributed by atoms with Gasteiger partial charge in [0.15, 0.2) is 11.5 Å². The van der Waals surface area contributed by atoms with E-state index < -0.39 is 17.7 Å². The number of benzene rings is 4. The molecule has 4 aromatic carbocycles. The van der Waals surface area contributed by atoms with Crippen molar-refractivity contribution in [2.45, 2.75) is 26.0 Å². The summed E-state index contributed by atoms with van der Waals surface area (Å²) in [5.74, 6) is -0.0117. The van der Waals surface area contributed by atoms with Gasteiger partial charge in [0, 0.05) is 12.1 Å². The molecule has 0 aliphatic carbocycles. The molecule has 5 rings (SSSR count). The van der Waals surface area contributed by atoms with Crippen LogP contribution in [-0.4, -0.2) is 42.0 Å². The Morgan fingerprint density at radius 2 is 1.48 bits per heavy atom. The minimum atomic E-state index is -0.822. The van der Waals surface area contributed by atoms with Crippen LogP contribution in [0, 0.1) is 0 Å². The van der Waals surface area contributed by atoms with E-state index >= 15 is 0 Å². The molecule has 1 aliphatic rings. The quantitative estimate of drug-likeness (QED) is 0.130. The van der Waals surface area contributed by atoms with Crippen LogP contribution < -0.4 is 14.2 Å².